The Morgan fingerprint density at radius 1 is 1.07 bits per heavy atom. The van der Waals surface area contributed by atoms with Crippen molar-refractivity contribution in [3.63, 3.8) is 0 Å². The monoisotopic (exact) mass is 377 g/mol. The number of anilines is 2. The van der Waals surface area contributed by atoms with Gasteiger partial charge in [-0.05, 0) is 30.0 Å². The topological polar surface area (TPSA) is 62.3 Å². The van der Waals surface area contributed by atoms with Gasteiger partial charge in [-0.15, -0.1) is 11.3 Å². The van der Waals surface area contributed by atoms with Crippen molar-refractivity contribution in [2.75, 3.05) is 16.8 Å². The van der Waals surface area contributed by atoms with Crippen molar-refractivity contribution in [1.29, 1.82) is 0 Å². The van der Waals surface area contributed by atoms with E-state index in [4.69, 9.17) is 0 Å². The fourth-order valence-corrected chi connectivity index (χ4v) is 3.96. The van der Waals surface area contributed by atoms with Crippen LogP contribution in [0.2, 0.25) is 0 Å². The highest BCUT2D eigenvalue weighted by atomic mass is 32.1. The summed E-state index contributed by atoms with van der Waals surface area (Å²) in [6.45, 7) is 0.684. The highest BCUT2D eigenvalue weighted by Crippen LogP contribution is 2.28. The Hall–Kier alpha value is -2.99. The Bertz CT molecular complexity index is 968. The fraction of sp³-hybridized carbons (Fsp3) is 0.190. The number of hydrogen-bond donors (Lipinski definition) is 1. The normalized spacial score (nSPS) is 13.1. The number of aryl methyl sites for hydroxylation is 1. The van der Waals surface area contributed by atoms with E-state index in [9.17, 15) is 9.59 Å². The summed E-state index contributed by atoms with van der Waals surface area (Å²) in [5.74, 6) is -0.264. The highest BCUT2D eigenvalue weighted by Gasteiger charge is 2.25. The van der Waals surface area contributed by atoms with Gasteiger partial charge in [0.05, 0.1) is 6.42 Å². The molecular weight excluding hydrogens is 358 g/mol. The van der Waals surface area contributed by atoms with Crippen molar-refractivity contribution in [2.45, 2.75) is 19.3 Å². The Morgan fingerprint density at radius 3 is 2.70 bits per heavy atom. The van der Waals surface area contributed by atoms with E-state index in [1.807, 2.05) is 48.5 Å². The number of benzene rings is 2. The molecule has 5 nitrogen and oxygen atoms in total. The second-order valence-electron chi connectivity index (χ2n) is 6.44. The lowest BCUT2D eigenvalue weighted by Gasteiger charge is -2.28. The first-order valence-electron chi connectivity index (χ1n) is 8.90. The molecule has 2 aromatic carbocycles. The molecule has 136 valence electrons. The van der Waals surface area contributed by atoms with E-state index in [1.54, 1.807) is 10.3 Å². The summed E-state index contributed by atoms with van der Waals surface area (Å²) in [6, 6.07) is 17.5. The predicted molar refractivity (Wildman–Crippen MR) is 107 cm³/mol. The molecule has 1 aliphatic rings. The van der Waals surface area contributed by atoms with E-state index < -0.39 is 0 Å². The number of carbonyl (C=O) groups is 2. The number of aromatic nitrogens is 1. The van der Waals surface area contributed by atoms with Crippen LogP contribution in [0, 0.1) is 0 Å². The third kappa shape index (κ3) is 3.90. The molecule has 0 atom stereocenters. The molecule has 27 heavy (non-hydrogen) atoms. The van der Waals surface area contributed by atoms with Crippen LogP contribution in [-0.2, 0) is 17.6 Å². The Morgan fingerprint density at radius 2 is 1.85 bits per heavy atom. The second kappa shape index (κ2) is 7.72. The maximum absolute atomic E-state index is 12.9. The molecule has 2 amide bonds. The Labute approximate surface area is 161 Å². The van der Waals surface area contributed by atoms with Gasteiger partial charge in [0.1, 0.15) is 5.69 Å². The molecule has 4 rings (SSSR count). The zero-order chi connectivity index (χ0) is 18.6. The summed E-state index contributed by atoms with van der Waals surface area (Å²) >= 11 is 1.27. The molecule has 3 aromatic rings. The minimum atomic E-state index is -0.141. The third-order valence-electron chi connectivity index (χ3n) is 4.53. The first-order valence-corrected chi connectivity index (χ1v) is 9.78. The molecule has 1 aromatic heterocycles. The van der Waals surface area contributed by atoms with Crippen LogP contribution in [0.25, 0.3) is 0 Å². The summed E-state index contributed by atoms with van der Waals surface area (Å²) in [5.41, 5.74) is 3.44. The van der Waals surface area contributed by atoms with E-state index in [-0.39, 0.29) is 18.2 Å². The van der Waals surface area contributed by atoms with E-state index in [0.29, 0.717) is 17.4 Å². The van der Waals surface area contributed by atoms with Gasteiger partial charge < -0.3 is 10.2 Å². The predicted octanol–water partition coefficient (Wildman–Crippen LogP) is 3.92. The number of carbonyl (C=O) groups excluding carboxylic acids is 2. The molecule has 0 bridgehead atoms. The van der Waals surface area contributed by atoms with Crippen molar-refractivity contribution in [2.24, 2.45) is 0 Å². The molecule has 0 saturated heterocycles. The number of nitrogens with zero attached hydrogens (tertiary/aromatic N) is 2. The average Bonchev–Trinajstić information content (AvgIpc) is 3.16. The molecule has 6 heteroatoms. The molecule has 0 fully saturated rings. The van der Waals surface area contributed by atoms with Gasteiger partial charge in [-0.1, -0.05) is 48.5 Å². The molecule has 0 spiro atoms. The average molecular weight is 377 g/mol. The molecule has 0 radical (unpaired) electrons. The molecule has 0 aliphatic carbocycles. The van der Waals surface area contributed by atoms with E-state index in [1.165, 1.54) is 16.9 Å². The minimum absolute atomic E-state index is 0.123. The van der Waals surface area contributed by atoms with Gasteiger partial charge in [0.2, 0.25) is 5.91 Å². The lowest BCUT2D eigenvalue weighted by atomic mass is 10.0. The van der Waals surface area contributed by atoms with Crippen LogP contribution in [-0.4, -0.2) is 23.3 Å². The zero-order valence-electron chi connectivity index (χ0n) is 14.7. The Balaban J connectivity index is 1.45. The zero-order valence-corrected chi connectivity index (χ0v) is 15.5. The summed E-state index contributed by atoms with van der Waals surface area (Å²) in [4.78, 5) is 31.2. The van der Waals surface area contributed by atoms with Gasteiger partial charge in [0.15, 0.2) is 5.13 Å². The quantitative estimate of drug-likeness (QED) is 0.750. The minimum Gasteiger partial charge on any atom is -0.307 e. The van der Waals surface area contributed by atoms with Gasteiger partial charge >= 0.3 is 0 Å². The summed E-state index contributed by atoms with van der Waals surface area (Å²) in [5, 5.41) is 4.94. The van der Waals surface area contributed by atoms with Crippen molar-refractivity contribution in [3.05, 3.63) is 76.8 Å². The Kier molecular flexibility index (Phi) is 4.98. The van der Waals surface area contributed by atoms with Gasteiger partial charge in [-0.2, -0.15) is 0 Å². The van der Waals surface area contributed by atoms with Crippen LogP contribution in [0.4, 0.5) is 10.8 Å². The molecular formula is C21H19N3O2S. The van der Waals surface area contributed by atoms with Crippen molar-refractivity contribution < 1.29 is 9.59 Å². The van der Waals surface area contributed by atoms with Crippen molar-refractivity contribution in [1.82, 2.24) is 4.98 Å². The largest absolute Gasteiger partial charge is 0.307 e. The van der Waals surface area contributed by atoms with Gasteiger partial charge in [-0.3, -0.25) is 9.59 Å². The van der Waals surface area contributed by atoms with Crippen LogP contribution < -0.4 is 10.2 Å². The van der Waals surface area contributed by atoms with Crippen LogP contribution in [0.3, 0.4) is 0 Å². The van der Waals surface area contributed by atoms with Crippen LogP contribution in [0.1, 0.15) is 28.0 Å². The number of nitrogens with one attached hydrogen (secondary N) is 1. The van der Waals surface area contributed by atoms with Gasteiger partial charge in [-0.25, -0.2) is 4.98 Å². The lowest BCUT2D eigenvalue weighted by Crippen LogP contribution is -2.35. The first-order chi connectivity index (χ1) is 13.2. The maximum atomic E-state index is 12.9. The second-order valence-corrected chi connectivity index (χ2v) is 7.30. The molecule has 1 N–H and O–H groups in total. The maximum Gasteiger partial charge on any atom is 0.277 e. The summed E-state index contributed by atoms with van der Waals surface area (Å²) in [7, 11) is 0. The van der Waals surface area contributed by atoms with Crippen LogP contribution in [0.15, 0.2) is 60.0 Å². The summed E-state index contributed by atoms with van der Waals surface area (Å²) < 4.78 is 0. The number of para-hydroxylation sites is 1. The molecule has 1 aliphatic heterocycles. The number of fused-ring (bicyclic) bond motifs is 1. The smallest absolute Gasteiger partial charge is 0.277 e. The third-order valence-corrected chi connectivity index (χ3v) is 5.29. The molecule has 0 unspecified atom stereocenters. The van der Waals surface area contributed by atoms with Crippen molar-refractivity contribution >= 4 is 34.0 Å². The van der Waals surface area contributed by atoms with E-state index in [2.05, 4.69) is 16.4 Å². The van der Waals surface area contributed by atoms with Crippen LogP contribution in [0.5, 0.6) is 0 Å². The van der Waals surface area contributed by atoms with E-state index in [0.717, 1.165) is 24.1 Å². The fourth-order valence-electron chi connectivity index (χ4n) is 3.26. The van der Waals surface area contributed by atoms with Gasteiger partial charge in [0.25, 0.3) is 5.91 Å². The molecule has 0 saturated carbocycles. The molecule has 2 heterocycles. The van der Waals surface area contributed by atoms with E-state index >= 15 is 0 Å². The SMILES string of the molecule is O=C(Cc1ccccc1)Nc1nc(C(=O)N2CCCc3ccccc32)cs1. The highest BCUT2D eigenvalue weighted by molar-refractivity contribution is 7.14. The number of thiazole rings is 1. The summed E-state index contributed by atoms with van der Waals surface area (Å²) in [6.07, 6.45) is 2.20. The number of hydrogen-bond acceptors (Lipinski definition) is 4. The standard InChI is InChI=1S/C21H19N3O2S/c25-19(13-15-7-2-1-3-8-15)23-21-22-17(14-27-21)20(26)24-12-6-10-16-9-4-5-11-18(16)24/h1-5,7-9,11,14H,6,10,12-13H2,(H,22,23,25). The van der Waals surface area contributed by atoms with Gasteiger partial charge in [0, 0.05) is 17.6 Å². The lowest BCUT2D eigenvalue weighted by molar-refractivity contribution is -0.115. The number of rotatable bonds is 4. The first kappa shape index (κ1) is 17.4. The number of amides is 2. The van der Waals surface area contributed by atoms with Crippen LogP contribution >= 0.6 is 11.3 Å². The van der Waals surface area contributed by atoms with Crippen molar-refractivity contribution in [3.8, 4) is 0 Å².